The predicted octanol–water partition coefficient (Wildman–Crippen LogP) is 3.72. The number of thiophene rings is 1. The third-order valence-corrected chi connectivity index (χ3v) is 7.94. The minimum absolute atomic E-state index is 0.0391. The van der Waals surface area contributed by atoms with Gasteiger partial charge in [0, 0.05) is 33.6 Å². The number of amides is 1. The SMILES string of the molecule is CN(C)c1nc2sc(C(=O)N3CCCC3c3nnc4n3CCCCC4)cc2s1. The Balaban J connectivity index is 1.43. The third kappa shape index (κ3) is 3.00. The molecule has 1 unspecified atom stereocenters. The molecule has 1 amide bonds. The number of aryl methyl sites for hydroxylation is 1. The molecule has 0 aromatic carbocycles. The maximum atomic E-state index is 13.3. The fourth-order valence-electron chi connectivity index (χ4n) is 4.19. The molecule has 28 heavy (non-hydrogen) atoms. The van der Waals surface area contributed by atoms with Crippen molar-refractivity contribution < 1.29 is 4.79 Å². The summed E-state index contributed by atoms with van der Waals surface area (Å²) >= 11 is 3.13. The van der Waals surface area contributed by atoms with Crippen molar-refractivity contribution in [1.29, 1.82) is 0 Å². The zero-order valence-electron chi connectivity index (χ0n) is 16.2. The first-order valence-electron chi connectivity index (χ1n) is 9.92. The second kappa shape index (κ2) is 7.11. The first-order valence-corrected chi connectivity index (χ1v) is 11.6. The standard InChI is InChI=1S/C19H24N6OS2/c1-23(2)19-20-17-13(28-19)11-14(27-17)18(26)24-10-6-7-12(24)16-22-21-15-8-4-3-5-9-25(15)16/h11-12H,3-10H2,1-2H3. The molecule has 5 heterocycles. The highest BCUT2D eigenvalue weighted by atomic mass is 32.1. The molecule has 0 spiro atoms. The Morgan fingerprint density at radius 2 is 2.04 bits per heavy atom. The molecule has 2 aliphatic heterocycles. The van der Waals surface area contributed by atoms with Gasteiger partial charge < -0.3 is 14.4 Å². The lowest BCUT2D eigenvalue weighted by Crippen LogP contribution is -2.31. The number of carbonyl (C=O) groups excluding carboxylic acids is 1. The highest BCUT2D eigenvalue weighted by Crippen LogP contribution is 2.38. The van der Waals surface area contributed by atoms with Crippen molar-refractivity contribution in [3.05, 3.63) is 22.6 Å². The number of hydrogen-bond acceptors (Lipinski definition) is 7. The number of anilines is 1. The molecule has 0 radical (unpaired) electrons. The first-order chi connectivity index (χ1) is 13.6. The molecule has 0 aliphatic carbocycles. The topological polar surface area (TPSA) is 67.2 Å². The van der Waals surface area contributed by atoms with Gasteiger partial charge in [-0.2, -0.15) is 0 Å². The maximum Gasteiger partial charge on any atom is 0.264 e. The van der Waals surface area contributed by atoms with Crippen LogP contribution in [0.2, 0.25) is 0 Å². The fourth-order valence-corrected chi connectivity index (χ4v) is 6.28. The van der Waals surface area contributed by atoms with Crippen molar-refractivity contribution in [3.8, 4) is 0 Å². The van der Waals surface area contributed by atoms with Gasteiger partial charge in [-0.15, -0.1) is 21.5 Å². The van der Waals surface area contributed by atoms with Gasteiger partial charge in [-0.25, -0.2) is 4.98 Å². The van der Waals surface area contributed by atoms with Gasteiger partial charge in [-0.1, -0.05) is 17.8 Å². The van der Waals surface area contributed by atoms with Crippen molar-refractivity contribution in [2.24, 2.45) is 0 Å². The molecule has 0 bridgehead atoms. The highest BCUT2D eigenvalue weighted by Gasteiger charge is 2.35. The third-order valence-electron chi connectivity index (χ3n) is 5.62. The molecule has 9 heteroatoms. The summed E-state index contributed by atoms with van der Waals surface area (Å²) < 4.78 is 3.37. The Labute approximate surface area is 172 Å². The smallest absolute Gasteiger partial charge is 0.264 e. The molecule has 1 fully saturated rings. The van der Waals surface area contributed by atoms with Crippen LogP contribution in [0.5, 0.6) is 0 Å². The minimum Gasteiger partial charge on any atom is -0.354 e. The van der Waals surface area contributed by atoms with Crippen LogP contribution in [0.15, 0.2) is 6.07 Å². The monoisotopic (exact) mass is 416 g/mol. The van der Waals surface area contributed by atoms with Gasteiger partial charge in [-0.05, 0) is 31.7 Å². The summed E-state index contributed by atoms with van der Waals surface area (Å²) in [7, 11) is 3.98. The summed E-state index contributed by atoms with van der Waals surface area (Å²) in [6.45, 7) is 1.76. The summed E-state index contributed by atoms with van der Waals surface area (Å²) in [6.07, 6.45) is 6.56. The van der Waals surface area contributed by atoms with E-state index in [4.69, 9.17) is 0 Å². The average Bonchev–Trinajstić information content (AvgIpc) is 3.41. The quantitative estimate of drug-likeness (QED) is 0.651. The van der Waals surface area contributed by atoms with Gasteiger partial charge in [0.15, 0.2) is 11.0 Å². The van der Waals surface area contributed by atoms with E-state index in [2.05, 4.69) is 19.7 Å². The van der Waals surface area contributed by atoms with Crippen LogP contribution in [-0.4, -0.2) is 51.2 Å². The van der Waals surface area contributed by atoms with Crippen LogP contribution in [0.4, 0.5) is 5.13 Å². The Bertz CT molecular complexity index is 988. The Hall–Kier alpha value is -2.00. The summed E-state index contributed by atoms with van der Waals surface area (Å²) in [4.78, 5) is 23.7. The Morgan fingerprint density at radius 1 is 1.14 bits per heavy atom. The Kier molecular flexibility index (Phi) is 4.59. The molecule has 1 atom stereocenters. The lowest BCUT2D eigenvalue weighted by Gasteiger charge is -2.24. The summed E-state index contributed by atoms with van der Waals surface area (Å²) in [5.41, 5.74) is 0. The van der Waals surface area contributed by atoms with Crippen LogP contribution in [0.3, 0.4) is 0 Å². The van der Waals surface area contributed by atoms with Gasteiger partial charge in [-0.3, -0.25) is 4.79 Å². The van der Waals surface area contributed by atoms with Crippen LogP contribution < -0.4 is 4.90 Å². The molecule has 148 valence electrons. The summed E-state index contributed by atoms with van der Waals surface area (Å²) in [5.74, 6) is 2.17. The molecule has 7 nitrogen and oxygen atoms in total. The van der Waals surface area contributed by atoms with E-state index in [1.165, 1.54) is 30.6 Å². The number of thiazole rings is 1. The second-order valence-corrected chi connectivity index (χ2v) is 9.80. The van der Waals surface area contributed by atoms with E-state index in [0.717, 1.165) is 63.5 Å². The molecule has 2 aliphatic rings. The lowest BCUT2D eigenvalue weighted by molar-refractivity contribution is 0.0732. The zero-order valence-corrected chi connectivity index (χ0v) is 17.9. The van der Waals surface area contributed by atoms with E-state index in [1.807, 2.05) is 30.0 Å². The zero-order chi connectivity index (χ0) is 19.3. The van der Waals surface area contributed by atoms with Crippen molar-refractivity contribution in [2.45, 2.75) is 51.1 Å². The number of likely N-dealkylation sites (tertiary alicyclic amines) is 1. The van der Waals surface area contributed by atoms with Crippen molar-refractivity contribution in [3.63, 3.8) is 0 Å². The van der Waals surface area contributed by atoms with Crippen molar-refractivity contribution in [2.75, 3.05) is 25.5 Å². The van der Waals surface area contributed by atoms with E-state index in [-0.39, 0.29) is 11.9 Å². The lowest BCUT2D eigenvalue weighted by atomic mass is 10.2. The van der Waals surface area contributed by atoms with Crippen LogP contribution in [0, 0.1) is 0 Å². The number of fused-ring (bicyclic) bond motifs is 2. The van der Waals surface area contributed by atoms with E-state index < -0.39 is 0 Å². The maximum absolute atomic E-state index is 13.3. The molecule has 0 saturated carbocycles. The van der Waals surface area contributed by atoms with Gasteiger partial charge in [0.1, 0.15) is 10.7 Å². The minimum atomic E-state index is 0.0391. The molecular weight excluding hydrogens is 392 g/mol. The van der Waals surface area contributed by atoms with E-state index in [1.54, 1.807) is 11.3 Å². The van der Waals surface area contributed by atoms with E-state index >= 15 is 0 Å². The number of rotatable bonds is 3. The van der Waals surface area contributed by atoms with E-state index in [0.29, 0.717) is 0 Å². The van der Waals surface area contributed by atoms with Gasteiger partial charge in [0.2, 0.25) is 0 Å². The van der Waals surface area contributed by atoms with Crippen LogP contribution >= 0.6 is 22.7 Å². The number of nitrogens with zero attached hydrogens (tertiary/aromatic N) is 6. The number of aromatic nitrogens is 4. The van der Waals surface area contributed by atoms with Gasteiger partial charge >= 0.3 is 0 Å². The van der Waals surface area contributed by atoms with E-state index in [9.17, 15) is 4.79 Å². The molecule has 5 rings (SSSR count). The van der Waals surface area contributed by atoms with Gasteiger partial charge in [0.05, 0.1) is 15.6 Å². The van der Waals surface area contributed by atoms with Crippen LogP contribution in [-0.2, 0) is 13.0 Å². The highest BCUT2D eigenvalue weighted by molar-refractivity contribution is 7.29. The normalized spacial score (nSPS) is 19.8. The van der Waals surface area contributed by atoms with Crippen LogP contribution in [0.1, 0.15) is 59.5 Å². The van der Waals surface area contributed by atoms with Crippen molar-refractivity contribution >= 4 is 43.2 Å². The van der Waals surface area contributed by atoms with Crippen molar-refractivity contribution in [1.82, 2.24) is 24.6 Å². The van der Waals surface area contributed by atoms with Gasteiger partial charge in [0.25, 0.3) is 5.91 Å². The first kappa shape index (κ1) is 18.1. The van der Waals surface area contributed by atoms with Crippen LogP contribution in [0.25, 0.3) is 9.53 Å². The molecular formula is C19H24N6OS2. The summed E-state index contributed by atoms with van der Waals surface area (Å²) in [6, 6.07) is 2.05. The molecule has 0 N–H and O–H groups in total. The second-order valence-electron chi connectivity index (χ2n) is 7.76. The predicted molar refractivity (Wildman–Crippen MR) is 112 cm³/mol. The largest absolute Gasteiger partial charge is 0.354 e. The Morgan fingerprint density at radius 3 is 2.86 bits per heavy atom. The number of hydrogen-bond donors (Lipinski definition) is 0. The average molecular weight is 417 g/mol. The number of carbonyl (C=O) groups is 1. The molecule has 3 aromatic heterocycles. The molecule has 3 aromatic rings. The fraction of sp³-hybridized carbons (Fsp3) is 0.579. The molecule has 1 saturated heterocycles. The summed E-state index contributed by atoms with van der Waals surface area (Å²) in [5, 5.41) is 9.94.